The Labute approximate surface area is 128 Å². The molecule has 0 amide bonds. The van der Waals surface area contributed by atoms with Crippen molar-refractivity contribution in [1.82, 2.24) is 18.9 Å². The van der Waals surface area contributed by atoms with Crippen LogP contribution in [0.2, 0.25) is 0 Å². The molecule has 0 atom stereocenters. The molecule has 1 N–H and O–H groups in total. The summed E-state index contributed by atoms with van der Waals surface area (Å²) in [6, 6.07) is 3.64. The van der Waals surface area contributed by atoms with Crippen molar-refractivity contribution in [3.8, 4) is 0 Å². The zero-order valence-electron chi connectivity index (χ0n) is 13.1. The van der Waals surface area contributed by atoms with Crippen LogP contribution in [0.15, 0.2) is 24.5 Å². The molecule has 1 aromatic heterocycles. The Morgan fingerprint density at radius 1 is 1.14 bits per heavy atom. The minimum atomic E-state index is -3.41. The lowest BCUT2D eigenvalue weighted by Gasteiger charge is -2.24. The van der Waals surface area contributed by atoms with Crippen molar-refractivity contribution in [1.29, 1.82) is 0 Å². The van der Waals surface area contributed by atoms with Gasteiger partial charge >= 0.3 is 0 Å². The van der Waals surface area contributed by atoms with Crippen molar-refractivity contribution in [2.24, 2.45) is 0 Å². The number of hydrogen-bond donors (Lipinski definition) is 1. The van der Waals surface area contributed by atoms with Gasteiger partial charge in [0.2, 0.25) is 0 Å². The largest absolute Gasteiger partial charge is 0.317 e. The highest BCUT2D eigenvalue weighted by molar-refractivity contribution is 7.86. The second-order valence-corrected chi connectivity index (χ2v) is 7.19. The Bertz CT molecular complexity index is 493. The first-order valence-corrected chi connectivity index (χ1v) is 8.65. The summed E-state index contributed by atoms with van der Waals surface area (Å²) >= 11 is 0. The topological polar surface area (TPSA) is 65.5 Å². The molecule has 21 heavy (non-hydrogen) atoms. The van der Waals surface area contributed by atoms with Gasteiger partial charge in [-0.15, -0.1) is 0 Å². The van der Waals surface area contributed by atoms with E-state index in [2.05, 4.69) is 17.2 Å². The number of hydrogen-bond acceptors (Lipinski definition) is 4. The molecular formula is C14H26N4O2S. The number of nitrogens with zero attached hydrogens (tertiary/aromatic N) is 3. The molecule has 0 saturated heterocycles. The third kappa shape index (κ3) is 6.09. The van der Waals surface area contributed by atoms with Crippen LogP contribution in [0.4, 0.5) is 0 Å². The van der Waals surface area contributed by atoms with Crippen LogP contribution in [0.5, 0.6) is 0 Å². The molecule has 0 fully saturated rings. The highest BCUT2D eigenvalue weighted by Gasteiger charge is 2.23. The summed E-state index contributed by atoms with van der Waals surface area (Å²) in [5, 5.41) is 3.27. The number of rotatable bonds is 10. The maximum absolute atomic E-state index is 12.4. The fraction of sp³-hybridized carbons (Fsp3) is 0.643. The van der Waals surface area contributed by atoms with Crippen LogP contribution in [0.25, 0.3) is 0 Å². The van der Waals surface area contributed by atoms with E-state index in [1.807, 2.05) is 12.1 Å². The van der Waals surface area contributed by atoms with Gasteiger partial charge in [-0.2, -0.15) is 17.0 Å². The molecule has 0 unspecified atom stereocenters. The molecule has 1 heterocycles. The Balaban J connectivity index is 2.46. The van der Waals surface area contributed by atoms with E-state index >= 15 is 0 Å². The molecule has 1 aromatic rings. The van der Waals surface area contributed by atoms with Gasteiger partial charge in [0.15, 0.2) is 0 Å². The third-order valence-corrected chi connectivity index (χ3v) is 5.08. The lowest BCUT2D eigenvalue weighted by atomic mass is 10.3. The van der Waals surface area contributed by atoms with Crippen LogP contribution in [0.1, 0.15) is 25.3 Å². The molecule has 0 aliphatic carbocycles. The first kappa shape index (κ1) is 18.0. The van der Waals surface area contributed by atoms with Crippen molar-refractivity contribution < 1.29 is 8.42 Å². The van der Waals surface area contributed by atoms with Gasteiger partial charge in [-0.05, 0) is 43.6 Å². The fourth-order valence-electron chi connectivity index (χ4n) is 1.91. The van der Waals surface area contributed by atoms with E-state index in [4.69, 9.17) is 0 Å². The average molecular weight is 314 g/mol. The van der Waals surface area contributed by atoms with Gasteiger partial charge in [-0.3, -0.25) is 4.98 Å². The molecule has 0 aromatic carbocycles. The monoisotopic (exact) mass is 314 g/mol. The molecule has 0 aliphatic rings. The quantitative estimate of drug-likeness (QED) is 0.656. The zero-order valence-corrected chi connectivity index (χ0v) is 13.9. The lowest BCUT2D eigenvalue weighted by Crippen LogP contribution is -2.40. The van der Waals surface area contributed by atoms with Crippen LogP contribution >= 0.6 is 0 Å². The number of aromatic nitrogens is 1. The summed E-state index contributed by atoms with van der Waals surface area (Å²) in [5.41, 5.74) is 0.925. The van der Waals surface area contributed by atoms with Gasteiger partial charge in [-0.25, -0.2) is 0 Å². The van der Waals surface area contributed by atoms with Gasteiger partial charge in [0.05, 0.1) is 0 Å². The van der Waals surface area contributed by atoms with Gasteiger partial charge in [0.1, 0.15) is 0 Å². The van der Waals surface area contributed by atoms with Crippen molar-refractivity contribution in [2.45, 2.75) is 26.3 Å². The van der Waals surface area contributed by atoms with Crippen LogP contribution in [-0.2, 0) is 16.8 Å². The van der Waals surface area contributed by atoms with Gasteiger partial charge in [0.25, 0.3) is 10.2 Å². The van der Waals surface area contributed by atoms with Crippen molar-refractivity contribution in [3.63, 3.8) is 0 Å². The van der Waals surface area contributed by atoms with Crippen LogP contribution in [0.3, 0.4) is 0 Å². The summed E-state index contributed by atoms with van der Waals surface area (Å²) in [5.74, 6) is 0. The maximum Gasteiger partial charge on any atom is 0.281 e. The standard InChI is InChI=1S/C14H26N4O2S/c1-4-8-15-9-5-12-17(2)21(19,20)18(3)13-14-6-10-16-11-7-14/h6-7,10-11,15H,4-5,8-9,12-13H2,1-3H3. The summed E-state index contributed by atoms with van der Waals surface area (Å²) in [4.78, 5) is 3.93. The lowest BCUT2D eigenvalue weighted by molar-refractivity contribution is 0.384. The van der Waals surface area contributed by atoms with E-state index in [1.54, 1.807) is 26.5 Å². The normalized spacial score (nSPS) is 12.2. The van der Waals surface area contributed by atoms with Crippen LogP contribution in [-0.4, -0.2) is 55.7 Å². The summed E-state index contributed by atoms with van der Waals surface area (Å²) in [7, 11) is -0.189. The predicted octanol–water partition coefficient (Wildman–Crippen LogP) is 1.08. The summed E-state index contributed by atoms with van der Waals surface area (Å²) < 4.78 is 27.5. The molecule has 120 valence electrons. The van der Waals surface area contributed by atoms with E-state index in [1.165, 1.54) is 8.61 Å². The minimum Gasteiger partial charge on any atom is -0.317 e. The smallest absolute Gasteiger partial charge is 0.281 e. The predicted molar refractivity (Wildman–Crippen MR) is 85.0 cm³/mol. The molecule has 0 spiro atoms. The SMILES string of the molecule is CCCNCCCN(C)S(=O)(=O)N(C)Cc1ccncc1. The van der Waals surface area contributed by atoms with Crippen molar-refractivity contribution >= 4 is 10.2 Å². The molecule has 0 bridgehead atoms. The first-order valence-electron chi connectivity index (χ1n) is 7.25. The molecule has 1 rings (SSSR count). The van der Waals surface area contributed by atoms with Crippen LogP contribution < -0.4 is 5.32 Å². The molecule has 0 aliphatic heterocycles. The van der Waals surface area contributed by atoms with E-state index in [-0.39, 0.29) is 0 Å². The number of nitrogens with one attached hydrogen (secondary N) is 1. The minimum absolute atomic E-state index is 0.350. The highest BCUT2D eigenvalue weighted by atomic mass is 32.2. The zero-order chi connectivity index (χ0) is 15.7. The van der Waals surface area contributed by atoms with E-state index in [0.717, 1.165) is 31.5 Å². The Morgan fingerprint density at radius 3 is 2.43 bits per heavy atom. The van der Waals surface area contributed by atoms with Gasteiger partial charge in [0, 0.05) is 39.6 Å². The van der Waals surface area contributed by atoms with E-state index < -0.39 is 10.2 Å². The molecule has 0 saturated carbocycles. The third-order valence-electron chi connectivity index (χ3n) is 3.20. The first-order chi connectivity index (χ1) is 9.98. The van der Waals surface area contributed by atoms with E-state index in [0.29, 0.717) is 13.1 Å². The summed E-state index contributed by atoms with van der Waals surface area (Å²) in [6.45, 7) is 4.78. The van der Waals surface area contributed by atoms with Crippen LogP contribution in [0, 0.1) is 0 Å². The Kier molecular flexibility index (Phi) is 7.81. The number of pyridine rings is 1. The second-order valence-electron chi connectivity index (χ2n) is 5.04. The summed E-state index contributed by atoms with van der Waals surface area (Å²) in [6.07, 6.45) is 5.22. The molecular weight excluding hydrogens is 288 g/mol. The van der Waals surface area contributed by atoms with Gasteiger partial charge < -0.3 is 5.32 Å². The average Bonchev–Trinajstić information content (AvgIpc) is 2.47. The maximum atomic E-state index is 12.4. The Morgan fingerprint density at radius 2 is 1.81 bits per heavy atom. The Hall–Kier alpha value is -1.02. The fourth-order valence-corrected chi connectivity index (χ4v) is 3.06. The van der Waals surface area contributed by atoms with Gasteiger partial charge in [-0.1, -0.05) is 6.92 Å². The molecule has 6 nitrogen and oxygen atoms in total. The van der Waals surface area contributed by atoms with Crippen molar-refractivity contribution in [3.05, 3.63) is 30.1 Å². The molecule has 0 radical (unpaired) electrons. The second kappa shape index (κ2) is 9.09. The van der Waals surface area contributed by atoms with Crippen molar-refractivity contribution in [2.75, 3.05) is 33.7 Å². The molecule has 7 heteroatoms. The van der Waals surface area contributed by atoms with E-state index in [9.17, 15) is 8.42 Å². The highest BCUT2D eigenvalue weighted by Crippen LogP contribution is 2.09.